The van der Waals surface area contributed by atoms with Gasteiger partial charge in [-0.15, -0.1) is 0 Å². The molecule has 1 N–H and O–H groups in total. The Morgan fingerprint density at radius 2 is 2.26 bits per heavy atom. The molecule has 1 atom stereocenters. The minimum Gasteiger partial charge on any atom is -0.496 e. The van der Waals surface area contributed by atoms with Crippen LogP contribution in [0.2, 0.25) is 5.02 Å². The number of likely N-dealkylation sites (tertiary alicyclic amines) is 1. The first-order valence-electron chi connectivity index (χ1n) is 5.89. The second-order valence-corrected chi connectivity index (χ2v) is 6.51. The Balaban J connectivity index is 2.31. The SMILES string of the molecule is COc1cc(I)c(Cl)cc1C(=O)N1CCC(C)(O)C1. The van der Waals surface area contributed by atoms with Gasteiger partial charge in [-0.1, -0.05) is 11.6 Å². The lowest BCUT2D eigenvalue weighted by Crippen LogP contribution is -2.34. The van der Waals surface area contributed by atoms with Gasteiger partial charge in [0, 0.05) is 16.7 Å². The maximum Gasteiger partial charge on any atom is 0.257 e. The number of hydrogen-bond acceptors (Lipinski definition) is 3. The zero-order valence-electron chi connectivity index (χ0n) is 10.7. The number of hydrogen-bond donors (Lipinski definition) is 1. The minimum absolute atomic E-state index is 0.159. The van der Waals surface area contributed by atoms with Gasteiger partial charge in [-0.25, -0.2) is 0 Å². The topological polar surface area (TPSA) is 49.8 Å². The average Bonchev–Trinajstić information content (AvgIpc) is 2.71. The molecule has 1 saturated heterocycles. The lowest BCUT2D eigenvalue weighted by Gasteiger charge is -2.20. The van der Waals surface area contributed by atoms with Crippen LogP contribution in [0.3, 0.4) is 0 Å². The van der Waals surface area contributed by atoms with Crippen molar-refractivity contribution in [2.24, 2.45) is 0 Å². The molecular weight excluding hydrogens is 381 g/mol. The van der Waals surface area contributed by atoms with Crippen LogP contribution in [-0.2, 0) is 0 Å². The van der Waals surface area contributed by atoms with E-state index >= 15 is 0 Å². The molecule has 0 aliphatic carbocycles. The summed E-state index contributed by atoms with van der Waals surface area (Å²) in [7, 11) is 1.52. The van der Waals surface area contributed by atoms with E-state index in [0.717, 1.165) is 3.57 Å². The highest BCUT2D eigenvalue weighted by atomic mass is 127. The smallest absolute Gasteiger partial charge is 0.257 e. The van der Waals surface area contributed by atoms with Crippen LogP contribution in [0.25, 0.3) is 0 Å². The normalized spacial score (nSPS) is 22.7. The van der Waals surface area contributed by atoms with Crippen LogP contribution in [0.4, 0.5) is 0 Å². The Bertz CT molecular complexity index is 519. The maximum absolute atomic E-state index is 12.5. The second kappa shape index (κ2) is 5.46. The molecule has 6 heteroatoms. The number of benzene rings is 1. The molecule has 1 aliphatic heterocycles. The number of rotatable bonds is 2. The highest BCUT2D eigenvalue weighted by Crippen LogP contribution is 2.31. The van der Waals surface area contributed by atoms with E-state index in [9.17, 15) is 9.90 Å². The summed E-state index contributed by atoms with van der Waals surface area (Å²) in [5.41, 5.74) is -0.374. The largest absolute Gasteiger partial charge is 0.496 e. The van der Waals surface area contributed by atoms with Crippen molar-refractivity contribution in [2.75, 3.05) is 20.2 Å². The Kier molecular flexibility index (Phi) is 4.27. The van der Waals surface area contributed by atoms with Crippen molar-refractivity contribution in [3.05, 3.63) is 26.3 Å². The number of carbonyl (C=O) groups is 1. The number of halogens is 2. The molecule has 104 valence electrons. The van der Waals surface area contributed by atoms with E-state index in [1.807, 2.05) is 0 Å². The number of aliphatic hydroxyl groups is 1. The van der Waals surface area contributed by atoms with Crippen LogP contribution in [0.5, 0.6) is 5.75 Å². The summed E-state index contributed by atoms with van der Waals surface area (Å²) in [6.07, 6.45) is 0.582. The van der Waals surface area contributed by atoms with Crippen LogP contribution in [0.15, 0.2) is 12.1 Å². The zero-order valence-corrected chi connectivity index (χ0v) is 13.7. The highest BCUT2D eigenvalue weighted by Gasteiger charge is 2.35. The third-order valence-electron chi connectivity index (χ3n) is 3.21. The zero-order chi connectivity index (χ0) is 14.2. The van der Waals surface area contributed by atoms with Crippen LogP contribution in [0.1, 0.15) is 23.7 Å². The highest BCUT2D eigenvalue weighted by molar-refractivity contribution is 14.1. The first-order valence-corrected chi connectivity index (χ1v) is 7.34. The van der Waals surface area contributed by atoms with Gasteiger partial charge < -0.3 is 14.7 Å². The summed E-state index contributed by atoms with van der Waals surface area (Å²) >= 11 is 8.16. The molecule has 1 aromatic rings. The molecule has 4 nitrogen and oxygen atoms in total. The first kappa shape index (κ1) is 14.9. The fourth-order valence-corrected chi connectivity index (χ4v) is 2.76. The van der Waals surface area contributed by atoms with E-state index in [-0.39, 0.29) is 5.91 Å². The molecule has 1 amide bonds. The van der Waals surface area contributed by atoms with Crippen molar-refractivity contribution in [1.82, 2.24) is 4.90 Å². The predicted octanol–water partition coefficient (Wildman–Crippen LogP) is 2.55. The quantitative estimate of drug-likeness (QED) is 0.783. The Labute approximate surface area is 130 Å². The lowest BCUT2D eigenvalue weighted by atomic mass is 10.1. The van der Waals surface area contributed by atoms with Gasteiger partial charge in [0.1, 0.15) is 5.75 Å². The summed E-state index contributed by atoms with van der Waals surface area (Å²) < 4.78 is 6.07. The monoisotopic (exact) mass is 395 g/mol. The third kappa shape index (κ3) is 3.14. The fourth-order valence-electron chi connectivity index (χ4n) is 2.15. The standard InChI is InChI=1S/C13H15ClINO3/c1-13(18)3-4-16(7-13)12(17)8-5-9(14)10(15)6-11(8)19-2/h5-6,18H,3-4,7H2,1-2H3. The number of ether oxygens (including phenoxy) is 1. The van der Waals surface area contributed by atoms with Crippen molar-refractivity contribution in [2.45, 2.75) is 18.9 Å². The molecule has 1 fully saturated rings. The van der Waals surface area contributed by atoms with E-state index in [4.69, 9.17) is 16.3 Å². The molecule has 0 radical (unpaired) electrons. The number of methoxy groups -OCH3 is 1. The van der Waals surface area contributed by atoms with E-state index in [0.29, 0.717) is 35.8 Å². The van der Waals surface area contributed by atoms with Gasteiger partial charge in [-0.05, 0) is 48.1 Å². The molecule has 0 bridgehead atoms. The van der Waals surface area contributed by atoms with Crippen molar-refractivity contribution in [3.8, 4) is 5.75 Å². The Morgan fingerprint density at radius 1 is 1.58 bits per heavy atom. The number of β-amino-alcohol motifs (C(OH)–C–C–N with tert-alkyl or cyclic N) is 1. The molecule has 0 aromatic heterocycles. The molecule has 1 aliphatic rings. The molecule has 1 heterocycles. The molecule has 0 spiro atoms. The van der Waals surface area contributed by atoms with Gasteiger partial charge in [0.25, 0.3) is 5.91 Å². The Morgan fingerprint density at radius 3 is 2.79 bits per heavy atom. The molecule has 19 heavy (non-hydrogen) atoms. The molecular formula is C13H15ClINO3. The summed E-state index contributed by atoms with van der Waals surface area (Å²) in [5.74, 6) is 0.346. The average molecular weight is 396 g/mol. The van der Waals surface area contributed by atoms with Gasteiger partial charge in [0.15, 0.2) is 0 Å². The fraction of sp³-hybridized carbons (Fsp3) is 0.462. The maximum atomic E-state index is 12.5. The van der Waals surface area contributed by atoms with Crippen molar-refractivity contribution >= 4 is 40.1 Å². The lowest BCUT2D eigenvalue weighted by molar-refractivity contribution is 0.0570. The van der Waals surface area contributed by atoms with Gasteiger partial charge >= 0.3 is 0 Å². The third-order valence-corrected chi connectivity index (χ3v) is 4.74. The minimum atomic E-state index is -0.810. The predicted molar refractivity (Wildman–Crippen MR) is 81.9 cm³/mol. The Hall–Kier alpha value is -0.530. The van der Waals surface area contributed by atoms with Crippen LogP contribution >= 0.6 is 34.2 Å². The summed E-state index contributed by atoms with van der Waals surface area (Å²) in [6.45, 7) is 2.61. The van der Waals surface area contributed by atoms with Crippen LogP contribution in [-0.4, -0.2) is 41.7 Å². The van der Waals surface area contributed by atoms with E-state index < -0.39 is 5.60 Å². The van der Waals surface area contributed by atoms with Crippen molar-refractivity contribution in [3.63, 3.8) is 0 Å². The van der Waals surface area contributed by atoms with Crippen molar-refractivity contribution in [1.29, 1.82) is 0 Å². The second-order valence-electron chi connectivity index (χ2n) is 4.94. The molecule has 1 aromatic carbocycles. The molecule has 2 rings (SSSR count). The van der Waals surface area contributed by atoms with Crippen LogP contribution < -0.4 is 4.74 Å². The van der Waals surface area contributed by atoms with E-state index in [1.165, 1.54) is 7.11 Å². The van der Waals surface area contributed by atoms with Crippen molar-refractivity contribution < 1.29 is 14.6 Å². The summed E-state index contributed by atoms with van der Waals surface area (Å²) in [4.78, 5) is 14.1. The van der Waals surface area contributed by atoms with E-state index in [1.54, 1.807) is 24.0 Å². The number of nitrogens with zero attached hydrogens (tertiary/aromatic N) is 1. The summed E-state index contributed by atoms with van der Waals surface area (Å²) in [5, 5.41) is 10.5. The van der Waals surface area contributed by atoms with E-state index in [2.05, 4.69) is 22.6 Å². The first-order chi connectivity index (χ1) is 8.84. The van der Waals surface area contributed by atoms with Crippen LogP contribution in [0, 0.1) is 3.57 Å². The van der Waals surface area contributed by atoms with Gasteiger partial charge in [-0.2, -0.15) is 0 Å². The number of carbonyl (C=O) groups excluding carboxylic acids is 1. The van der Waals surface area contributed by atoms with Gasteiger partial charge in [0.05, 0.1) is 23.3 Å². The van der Waals surface area contributed by atoms with Gasteiger partial charge in [-0.3, -0.25) is 4.79 Å². The molecule has 0 saturated carbocycles. The van der Waals surface area contributed by atoms with Gasteiger partial charge in [0.2, 0.25) is 0 Å². The summed E-state index contributed by atoms with van der Waals surface area (Å²) in [6, 6.07) is 3.36. The number of amides is 1. The molecule has 1 unspecified atom stereocenters.